The second kappa shape index (κ2) is 5.46. The molecule has 3 nitrogen and oxygen atoms in total. The fourth-order valence-electron chi connectivity index (χ4n) is 2.67. The number of aryl methyl sites for hydroxylation is 1. The Labute approximate surface area is 122 Å². The number of hydrogen-bond donors (Lipinski definition) is 1. The average molecular weight is 292 g/mol. The maximum absolute atomic E-state index is 13.4. The van der Waals surface area contributed by atoms with Gasteiger partial charge in [-0.2, -0.15) is 0 Å². The van der Waals surface area contributed by atoms with E-state index in [0.717, 1.165) is 30.5 Å². The molecule has 0 aliphatic heterocycles. The number of nitrogens with zero attached hydrogens (tertiary/aromatic N) is 2. The van der Waals surface area contributed by atoms with Crippen molar-refractivity contribution in [3.8, 4) is 11.4 Å². The van der Waals surface area contributed by atoms with Crippen molar-refractivity contribution in [2.24, 2.45) is 0 Å². The van der Waals surface area contributed by atoms with Gasteiger partial charge in [-0.05, 0) is 44.5 Å². The van der Waals surface area contributed by atoms with Gasteiger partial charge < -0.3 is 5.32 Å². The van der Waals surface area contributed by atoms with Crippen LogP contribution in [-0.4, -0.2) is 17.0 Å². The fourth-order valence-corrected chi connectivity index (χ4v) is 2.89. The highest BCUT2D eigenvalue weighted by Crippen LogP contribution is 2.29. The lowest BCUT2D eigenvalue weighted by atomic mass is 9.92. The van der Waals surface area contributed by atoms with Crippen molar-refractivity contribution in [3.05, 3.63) is 46.5 Å². The number of aromatic nitrogens is 2. The summed E-state index contributed by atoms with van der Waals surface area (Å²) < 4.78 is 13.4. The lowest BCUT2D eigenvalue weighted by molar-refractivity contribution is 0.488. The number of fused-ring (bicyclic) bond motifs is 1. The van der Waals surface area contributed by atoms with Gasteiger partial charge >= 0.3 is 0 Å². The third kappa shape index (κ3) is 2.53. The van der Waals surface area contributed by atoms with Gasteiger partial charge in [0.05, 0.1) is 0 Å². The normalized spacial score (nSPS) is 17.9. The van der Waals surface area contributed by atoms with Crippen LogP contribution < -0.4 is 5.32 Å². The minimum absolute atomic E-state index is 0.309. The Balaban J connectivity index is 2.04. The molecule has 1 aliphatic rings. The smallest absolute Gasteiger partial charge is 0.159 e. The summed E-state index contributed by atoms with van der Waals surface area (Å²) in [5.74, 6) is 0.156. The predicted octanol–water partition coefficient (Wildman–Crippen LogP) is 3.53. The van der Waals surface area contributed by atoms with Crippen molar-refractivity contribution in [2.75, 3.05) is 7.05 Å². The van der Waals surface area contributed by atoms with E-state index in [1.54, 1.807) is 6.07 Å². The first-order valence-corrected chi connectivity index (χ1v) is 7.04. The van der Waals surface area contributed by atoms with Crippen LogP contribution in [0.1, 0.15) is 30.1 Å². The first-order valence-electron chi connectivity index (χ1n) is 6.67. The van der Waals surface area contributed by atoms with Crippen LogP contribution in [0.15, 0.2) is 24.4 Å². The monoisotopic (exact) mass is 291 g/mol. The van der Waals surface area contributed by atoms with Crippen LogP contribution in [0.25, 0.3) is 11.4 Å². The number of nitrogens with one attached hydrogen (secondary N) is 1. The molecule has 0 radical (unpaired) electrons. The highest BCUT2D eigenvalue weighted by molar-refractivity contribution is 6.30. The van der Waals surface area contributed by atoms with Crippen molar-refractivity contribution in [2.45, 2.75) is 25.3 Å². The van der Waals surface area contributed by atoms with Crippen LogP contribution in [0.5, 0.6) is 0 Å². The molecule has 1 heterocycles. The molecule has 0 saturated heterocycles. The van der Waals surface area contributed by atoms with Crippen LogP contribution in [0, 0.1) is 5.82 Å². The lowest BCUT2D eigenvalue weighted by Gasteiger charge is -2.24. The molecule has 0 saturated carbocycles. The quantitative estimate of drug-likeness (QED) is 0.920. The van der Waals surface area contributed by atoms with Crippen molar-refractivity contribution >= 4 is 11.6 Å². The molecule has 1 N–H and O–H groups in total. The molecule has 1 unspecified atom stereocenters. The summed E-state index contributed by atoms with van der Waals surface area (Å²) in [6.45, 7) is 0. The molecule has 1 atom stereocenters. The molecule has 0 amide bonds. The number of benzene rings is 1. The minimum Gasteiger partial charge on any atom is -0.313 e. The topological polar surface area (TPSA) is 37.8 Å². The van der Waals surface area contributed by atoms with E-state index in [1.165, 1.54) is 12.1 Å². The molecule has 104 valence electrons. The maximum atomic E-state index is 13.4. The van der Waals surface area contributed by atoms with Crippen LogP contribution >= 0.6 is 11.6 Å². The SMILES string of the molecule is CNC1CCCc2nc(-c3cc(F)cc(Cl)c3)ncc21. The van der Waals surface area contributed by atoms with E-state index in [2.05, 4.69) is 15.3 Å². The summed E-state index contributed by atoms with van der Waals surface area (Å²) >= 11 is 5.88. The van der Waals surface area contributed by atoms with E-state index in [4.69, 9.17) is 11.6 Å². The minimum atomic E-state index is -0.373. The van der Waals surface area contributed by atoms with Gasteiger partial charge in [0.2, 0.25) is 0 Å². The molecular formula is C15H15ClFN3. The largest absolute Gasteiger partial charge is 0.313 e. The Bertz CT molecular complexity index is 625. The van der Waals surface area contributed by atoms with E-state index in [-0.39, 0.29) is 5.82 Å². The molecule has 1 aromatic heterocycles. The summed E-state index contributed by atoms with van der Waals surface area (Å²) in [6.07, 6.45) is 4.97. The summed E-state index contributed by atoms with van der Waals surface area (Å²) in [4.78, 5) is 8.95. The number of rotatable bonds is 2. The molecule has 0 fully saturated rings. The van der Waals surface area contributed by atoms with Crippen molar-refractivity contribution < 1.29 is 4.39 Å². The third-order valence-electron chi connectivity index (χ3n) is 3.65. The number of halogens is 2. The summed E-state index contributed by atoms with van der Waals surface area (Å²) in [7, 11) is 1.94. The molecule has 0 spiro atoms. The van der Waals surface area contributed by atoms with Crippen LogP contribution in [-0.2, 0) is 6.42 Å². The van der Waals surface area contributed by atoms with Crippen molar-refractivity contribution in [1.29, 1.82) is 0 Å². The van der Waals surface area contributed by atoms with Gasteiger partial charge in [0, 0.05) is 34.1 Å². The van der Waals surface area contributed by atoms with Crippen molar-refractivity contribution in [3.63, 3.8) is 0 Å². The van der Waals surface area contributed by atoms with Gasteiger partial charge in [-0.25, -0.2) is 14.4 Å². The highest BCUT2D eigenvalue weighted by Gasteiger charge is 2.21. The maximum Gasteiger partial charge on any atom is 0.159 e. The molecule has 5 heteroatoms. The Kier molecular flexibility index (Phi) is 3.68. The zero-order chi connectivity index (χ0) is 14.1. The molecular weight excluding hydrogens is 277 g/mol. The lowest BCUT2D eigenvalue weighted by Crippen LogP contribution is -2.22. The van der Waals surface area contributed by atoms with Crippen LogP contribution in [0.3, 0.4) is 0 Å². The summed E-state index contributed by atoms with van der Waals surface area (Å²) in [5.41, 5.74) is 2.80. The van der Waals surface area contributed by atoms with Gasteiger partial charge in [0.25, 0.3) is 0 Å². The molecule has 0 bridgehead atoms. The van der Waals surface area contributed by atoms with E-state index in [1.807, 2.05) is 13.2 Å². The zero-order valence-electron chi connectivity index (χ0n) is 11.2. The Morgan fingerprint density at radius 2 is 2.20 bits per heavy atom. The van der Waals surface area contributed by atoms with E-state index in [0.29, 0.717) is 22.5 Å². The Hall–Kier alpha value is -1.52. The molecule has 1 aromatic carbocycles. The van der Waals surface area contributed by atoms with Gasteiger partial charge in [-0.15, -0.1) is 0 Å². The highest BCUT2D eigenvalue weighted by atomic mass is 35.5. The fraction of sp³-hybridized carbons (Fsp3) is 0.333. The summed E-state index contributed by atoms with van der Waals surface area (Å²) in [6, 6.07) is 4.68. The molecule has 2 aromatic rings. The zero-order valence-corrected chi connectivity index (χ0v) is 11.9. The third-order valence-corrected chi connectivity index (χ3v) is 3.87. The molecule has 20 heavy (non-hydrogen) atoms. The van der Waals surface area contributed by atoms with Crippen molar-refractivity contribution in [1.82, 2.24) is 15.3 Å². The Morgan fingerprint density at radius 1 is 1.35 bits per heavy atom. The molecule has 3 rings (SSSR count). The van der Waals surface area contributed by atoms with Gasteiger partial charge in [0.15, 0.2) is 5.82 Å². The van der Waals surface area contributed by atoms with Gasteiger partial charge in [-0.1, -0.05) is 11.6 Å². The summed E-state index contributed by atoms with van der Waals surface area (Å²) in [5, 5.41) is 3.63. The second-order valence-electron chi connectivity index (χ2n) is 4.99. The first kappa shape index (κ1) is 13.5. The van der Waals surface area contributed by atoms with E-state index in [9.17, 15) is 4.39 Å². The van der Waals surface area contributed by atoms with Crippen LogP contribution in [0.4, 0.5) is 4.39 Å². The Morgan fingerprint density at radius 3 is 2.95 bits per heavy atom. The van der Waals surface area contributed by atoms with E-state index >= 15 is 0 Å². The average Bonchev–Trinajstić information content (AvgIpc) is 2.45. The van der Waals surface area contributed by atoms with Gasteiger partial charge in [0.1, 0.15) is 5.82 Å². The van der Waals surface area contributed by atoms with E-state index < -0.39 is 0 Å². The second-order valence-corrected chi connectivity index (χ2v) is 5.42. The number of hydrogen-bond acceptors (Lipinski definition) is 3. The van der Waals surface area contributed by atoms with Crippen LogP contribution in [0.2, 0.25) is 5.02 Å². The first-order chi connectivity index (χ1) is 9.67. The molecule has 1 aliphatic carbocycles. The standard InChI is InChI=1S/C15H15ClFN3/c1-18-13-3-2-4-14-12(13)8-19-15(20-14)9-5-10(16)7-11(17)6-9/h5-8,13,18H,2-4H2,1H3. The predicted molar refractivity (Wildman–Crippen MR) is 77.2 cm³/mol. The van der Waals surface area contributed by atoms with Gasteiger partial charge in [-0.3, -0.25) is 0 Å².